The van der Waals surface area contributed by atoms with Gasteiger partial charge in [0.25, 0.3) is 0 Å². The summed E-state index contributed by atoms with van der Waals surface area (Å²) in [5.41, 5.74) is 1.32. The fourth-order valence-electron chi connectivity index (χ4n) is 2.44. The van der Waals surface area contributed by atoms with Crippen LogP contribution in [0.1, 0.15) is 19.2 Å². The number of halogens is 1. The maximum absolute atomic E-state index is 13.2. The number of nitrogens with one attached hydrogen (secondary N) is 2. The fourth-order valence-corrected chi connectivity index (χ4v) is 2.44. The zero-order valence-corrected chi connectivity index (χ0v) is 14.1. The van der Waals surface area contributed by atoms with E-state index in [9.17, 15) is 9.18 Å². The Hall–Kier alpha value is -2.15. The first-order valence-electron chi connectivity index (χ1n) is 7.70. The lowest BCUT2D eigenvalue weighted by Gasteiger charge is -2.24. The first-order valence-corrected chi connectivity index (χ1v) is 7.70. The van der Waals surface area contributed by atoms with Gasteiger partial charge in [-0.2, -0.15) is 0 Å². The highest BCUT2D eigenvalue weighted by molar-refractivity contribution is 5.76. The number of imidazole rings is 1. The van der Waals surface area contributed by atoms with Crippen LogP contribution >= 0.6 is 0 Å². The average molecular weight is 321 g/mol. The summed E-state index contributed by atoms with van der Waals surface area (Å²) in [7, 11) is 5.70. The summed E-state index contributed by atoms with van der Waals surface area (Å²) in [6.45, 7) is 3.02. The van der Waals surface area contributed by atoms with Gasteiger partial charge in [-0.3, -0.25) is 0 Å². The molecule has 0 spiro atoms. The monoisotopic (exact) mass is 321 g/mol. The van der Waals surface area contributed by atoms with E-state index in [1.165, 1.54) is 12.1 Å². The van der Waals surface area contributed by atoms with Crippen LogP contribution in [0.3, 0.4) is 0 Å². The number of carbonyl (C=O) groups is 1. The Balaban J connectivity index is 1.94. The molecule has 7 heteroatoms. The number of fused-ring (bicyclic) bond motifs is 1. The number of hydrogen-bond donors (Lipinski definition) is 2. The van der Waals surface area contributed by atoms with Gasteiger partial charge in [0.15, 0.2) is 0 Å². The highest BCUT2D eigenvalue weighted by Gasteiger charge is 2.14. The molecule has 0 saturated heterocycles. The highest BCUT2D eigenvalue weighted by atomic mass is 19.1. The molecule has 1 atom stereocenters. The Morgan fingerprint density at radius 1 is 1.39 bits per heavy atom. The lowest BCUT2D eigenvalue weighted by atomic mass is 10.2. The summed E-state index contributed by atoms with van der Waals surface area (Å²) in [6.07, 6.45) is 0.964. The molecule has 2 amide bonds. The Morgan fingerprint density at radius 3 is 2.78 bits per heavy atom. The van der Waals surface area contributed by atoms with Crippen molar-refractivity contribution in [3.05, 3.63) is 29.8 Å². The third kappa shape index (κ3) is 4.41. The van der Waals surface area contributed by atoms with Gasteiger partial charge < -0.3 is 20.1 Å². The largest absolute Gasteiger partial charge is 0.340 e. The van der Waals surface area contributed by atoms with Gasteiger partial charge in [-0.15, -0.1) is 0 Å². The summed E-state index contributed by atoms with van der Waals surface area (Å²) in [5.74, 6) is 0.316. The van der Waals surface area contributed by atoms with Crippen molar-refractivity contribution >= 4 is 17.1 Å². The molecule has 0 aliphatic carbocycles. The minimum Gasteiger partial charge on any atom is -0.340 e. The molecule has 0 saturated carbocycles. The van der Waals surface area contributed by atoms with Crippen molar-refractivity contribution in [2.24, 2.45) is 0 Å². The van der Waals surface area contributed by atoms with Gasteiger partial charge in [0.2, 0.25) is 0 Å². The van der Waals surface area contributed by atoms with Gasteiger partial charge in [0.1, 0.15) is 11.6 Å². The third-order valence-corrected chi connectivity index (χ3v) is 3.92. The lowest BCUT2D eigenvalue weighted by Crippen LogP contribution is -2.44. The molecule has 126 valence electrons. The second-order valence-electron chi connectivity index (χ2n) is 5.91. The van der Waals surface area contributed by atoms with E-state index in [-0.39, 0.29) is 11.8 Å². The summed E-state index contributed by atoms with van der Waals surface area (Å²) < 4.78 is 13.2. The first kappa shape index (κ1) is 17.2. The first-order chi connectivity index (χ1) is 10.9. The topological polar surface area (TPSA) is 64.3 Å². The molecule has 2 N–H and O–H groups in total. The molecule has 0 aliphatic rings. The number of nitrogens with zero attached hydrogens (tertiary/aromatic N) is 3. The molecule has 0 unspecified atom stereocenters. The average Bonchev–Trinajstić information content (AvgIpc) is 2.88. The van der Waals surface area contributed by atoms with E-state index in [1.807, 2.05) is 14.1 Å². The Labute approximate surface area is 135 Å². The van der Waals surface area contributed by atoms with Crippen LogP contribution in [-0.4, -0.2) is 59.5 Å². The van der Waals surface area contributed by atoms with Crippen molar-refractivity contribution in [1.82, 2.24) is 25.1 Å². The van der Waals surface area contributed by atoms with Crippen LogP contribution < -0.4 is 5.32 Å². The maximum Gasteiger partial charge on any atom is 0.317 e. The second kappa shape index (κ2) is 7.41. The van der Waals surface area contributed by atoms with E-state index >= 15 is 0 Å². The molecule has 1 heterocycles. The van der Waals surface area contributed by atoms with Gasteiger partial charge in [0.05, 0.1) is 17.6 Å². The Morgan fingerprint density at radius 2 is 2.13 bits per heavy atom. The molecule has 2 rings (SSSR count). The van der Waals surface area contributed by atoms with Crippen molar-refractivity contribution in [2.45, 2.75) is 25.9 Å². The minimum absolute atomic E-state index is 0.156. The molecule has 0 radical (unpaired) electrons. The van der Waals surface area contributed by atoms with Crippen LogP contribution in [0.15, 0.2) is 18.2 Å². The number of likely N-dealkylation sites (N-methyl/N-ethyl adjacent to an activating group) is 1. The van der Waals surface area contributed by atoms with Crippen LogP contribution in [0.5, 0.6) is 0 Å². The standard InChI is InChI=1S/C16H24FN5O/c1-5-12(21(2)3)9-18-16(23)22(4)10-15-19-13-7-6-11(17)8-14(13)20-15/h6-8,12H,5,9-10H2,1-4H3,(H,18,23)(H,19,20)/t12-/m0/s1. The number of aromatic amines is 1. The summed E-state index contributed by atoms with van der Waals surface area (Å²) >= 11 is 0. The third-order valence-electron chi connectivity index (χ3n) is 3.92. The van der Waals surface area contributed by atoms with E-state index in [4.69, 9.17) is 0 Å². The number of hydrogen-bond acceptors (Lipinski definition) is 3. The van der Waals surface area contributed by atoms with E-state index in [1.54, 1.807) is 18.0 Å². The Kier molecular flexibility index (Phi) is 5.54. The van der Waals surface area contributed by atoms with E-state index in [2.05, 4.69) is 27.1 Å². The van der Waals surface area contributed by atoms with E-state index in [0.717, 1.165) is 6.42 Å². The fraction of sp³-hybridized carbons (Fsp3) is 0.500. The maximum atomic E-state index is 13.2. The molecule has 23 heavy (non-hydrogen) atoms. The SMILES string of the molecule is CC[C@@H](CNC(=O)N(C)Cc1nc2ccc(F)cc2[nH]1)N(C)C. The predicted octanol–water partition coefficient (Wildman–Crippen LogP) is 2.18. The van der Waals surface area contributed by atoms with Crippen LogP contribution in [0.4, 0.5) is 9.18 Å². The van der Waals surface area contributed by atoms with Crippen LogP contribution in [-0.2, 0) is 6.54 Å². The number of benzene rings is 1. The predicted molar refractivity (Wildman–Crippen MR) is 88.7 cm³/mol. The number of H-pyrrole nitrogens is 1. The zero-order chi connectivity index (χ0) is 17.0. The van der Waals surface area contributed by atoms with Crippen LogP contribution in [0, 0.1) is 5.82 Å². The van der Waals surface area contributed by atoms with Crippen molar-refractivity contribution < 1.29 is 9.18 Å². The highest BCUT2D eigenvalue weighted by Crippen LogP contribution is 2.13. The minimum atomic E-state index is -0.312. The smallest absolute Gasteiger partial charge is 0.317 e. The molecule has 0 fully saturated rings. The van der Waals surface area contributed by atoms with Gasteiger partial charge in [-0.25, -0.2) is 14.2 Å². The van der Waals surface area contributed by atoms with Crippen molar-refractivity contribution in [2.75, 3.05) is 27.7 Å². The normalized spacial score (nSPS) is 12.6. The number of carbonyl (C=O) groups excluding carboxylic acids is 1. The summed E-state index contributed by atoms with van der Waals surface area (Å²) in [5, 5.41) is 2.92. The van der Waals surface area contributed by atoms with Gasteiger partial charge >= 0.3 is 6.03 Å². The van der Waals surface area contributed by atoms with Gasteiger partial charge in [-0.05, 0) is 38.7 Å². The van der Waals surface area contributed by atoms with E-state index in [0.29, 0.717) is 36.0 Å². The second-order valence-corrected chi connectivity index (χ2v) is 5.91. The number of aromatic nitrogens is 2. The molecular formula is C16H24FN5O. The van der Waals surface area contributed by atoms with Crippen LogP contribution in [0.2, 0.25) is 0 Å². The number of rotatable bonds is 6. The zero-order valence-electron chi connectivity index (χ0n) is 14.1. The molecule has 0 aliphatic heterocycles. The number of urea groups is 1. The van der Waals surface area contributed by atoms with Gasteiger partial charge in [-0.1, -0.05) is 6.92 Å². The quantitative estimate of drug-likeness (QED) is 0.857. The van der Waals surface area contributed by atoms with E-state index < -0.39 is 0 Å². The van der Waals surface area contributed by atoms with Crippen molar-refractivity contribution in [3.8, 4) is 0 Å². The van der Waals surface area contributed by atoms with Crippen molar-refractivity contribution in [3.63, 3.8) is 0 Å². The molecule has 2 aromatic rings. The summed E-state index contributed by atoms with van der Waals surface area (Å²) in [6, 6.07) is 4.54. The Bertz CT molecular complexity index is 670. The molecule has 0 bridgehead atoms. The van der Waals surface area contributed by atoms with Gasteiger partial charge in [0, 0.05) is 19.6 Å². The molecule has 6 nitrogen and oxygen atoms in total. The lowest BCUT2D eigenvalue weighted by molar-refractivity contribution is 0.199. The molecular weight excluding hydrogens is 297 g/mol. The molecule has 1 aromatic carbocycles. The summed E-state index contributed by atoms with van der Waals surface area (Å²) in [4.78, 5) is 23.2. The van der Waals surface area contributed by atoms with Crippen LogP contribution in [0.25, 0.3) is 11.0 Å². The molecule has 1 aromatic heterocycles. The number of amides is 2. The van der Waals surface area contributed by atoms with Crippen molar-refractivity contribution in [1.29, 1.82) is 0 Å².